The number of aliphatic imine (C=N–C) groups is 1. The maximum absolute atomic E-state index is 11.0. The number of aromatic nitrogens is 1. The van der Waals surface area contributed by atoms with Gasteiger partial charge in [0.05, 0.1) is 4.90 Å². The van der Waals surface area contributed by atoms with Gasteiger partial charge in [0.15, 0.2) is 15.7 Å². The second kappa shape index (κ2) is 3.47. The Balaban J connectivity index is 3.15. The van der Waals surface area contributed by atoms with Gasteiger partial charge < -0.3 is 0 Å². The Labute approximate surface area is 75.1 Å². The van der Waals surface area contributed by atoms with Crippen molar-refractivity contribution in [1.82, 2.24) is 4.98 Å². The monoisotopic (exact) mass is 198 g/mol. The molecule has 0 atom stereocenters. The molecule has 5 nitrogen and oxygen atoms in total. The van der Waals surface area contributed by atoms with Crippen LogP contribution in [0, 0.1) is 0 Å². The van der Waals surface area contributed by atoms with Crippen LogP contribution < -0.4 is 0 Å². The van der Waals surface area contributed by atoms with Gasteiger partial charge in [-0.05, 0) is 12.1 Å². The Morgan fingerprint density at radius 2 is 2.15 bits per heavy atom. The fraction of sp³-hybridized carbons (Fsp3) is 0.143. The van der Waals surface area contributed by atoms with Crippen molar-refractivity contribution in [2.45, 2.75) is 4.90 Å². The molecule has 1 heterocycles. The van der Waals surface area contributed by atoms with Gasteiger partial charge in [-0.3, -0.25) is 0 Å². The highest BCUT2D eigenvalue weighted by atomic mass is 32.2. The molecule has 0 aromatic carbocycles. The second-order valence-corrected chi connectivity index (χ2v) is 4.34. The first-order chi connectivity index (χ1) is 6.04. The smallest absolute Gasteiger partial charge is 0.235 e. The molecular formula is C7H6N2O3S. The summed E-state index contributed by atoms with van der Waals surface area (Å²) in [4.78, 5) is 16.7. The number of hydrogen-bond donors (Lipinski definition) is 0. The van der Waals surface area contributed by atoms with E-state index < -0.39 is 9.84 Å². The van der Waals surface area contributed by atoms with Gasteiger partial charge in [-0.2, -0.15) is 0 Å². The highest BCUT2D eigenvalue weighted by molar-refractivity contribution is 7.90. The van der Waals surface area contributed by atoms with Crippen molar-refractivity contribution in [3.63, 3.8) is 0 Å². The summed E-state index contributed by atoms with van der Waals surface area (Å²) in [7, 11) is -3.24. The van der Waals surface area contributed by atoms with Gasteiger partial charge in [-0.25, -0.2) is 18.2 Å². The average molecular weight is 198 g/mol. The standard InChI is InChI=1S/C7H6N2O3S/c1-13(11,12)6-2-3-7(8-4-6)9-5-10/h2-4H,1H3. The first kappa shape index (κ1) is 9.57. The van der Waals surface area contributed by atoms with Crippen molar-refractivity contribution in [2.24, 2.45) is 4.99 Å². The topological polar surface area (TPSA) is 76.5 Å². The summed E-state index contributed by atoms with van der Waals surface area (Å²) >= 11 is 0. The zero-order valence-corrected chi connectivity index (χ0v) is 7.58. The molecular weight excluding hydrogens is 192 g/mol. The molecule has 0 aliphatic heterocycles. The Morgan fingerprint density at radius 1 is 1.46 bits per heavy atom. The van der Waals surface area contributed by atoms with E-state index in [1.54, 1.807) is 0 Å². The lowest BCUT2D eigenvalue weighted by molar-refractivity contribution is 0.565. The highest BCUT2D eigenvalue weighted by Crippen LogP contribution is 2.11. The molecule has 0 fully saturated rings. The van der Waals surface area contributed by atoms with Gasteiger partial charge in [-0.15, -0.1) is 4.99 Å². The maximum Gasteiger partial charge on any atom is 0.242 e. The summed E-state index contributed by atoms with van der Waals surface area (Å²) in [6.07, 6.45) is 3.53. The molecule has 0 saturated heterocycles. The number of rotatable bonds is 2. The van der Waals surface area contributed by atoms with E-state index in [1.165, 1.54) is 18.2 Å². The number of pyridine rings is 1. The molecule has 0 N–H and O–H groups in total. The van der Waals surface area contributed by atoms with E-state index in [9.17, 15) is 13.2 Å². The minimum atomic E-state index is -3.24. The normalized spacial score (nSPS) is 10.5. The van der Waals surface area contributed by atoms with Crippen molar-refractivity contribution in [1.29, 1.82) is 0 Å². The molecule has 0 amide bonds. The molecule has 6 heteroatoms. The van der Waals surface area contributed by atoms with Crippen molar-refractivity contribution in [2.75, 3.05) is 6.26 Å². The van der Waals surface area contributed by atoms with Crippen molar-refractivity contribution >= 4 is 21.7 Å². The summed E-state index contributed by atoms with van der Waals surface area (Å²) in [5, 5.41) is 0. The molecule has 0 radical (unpaired) electrons. The minimum absolute atomic E-state index is 0.0948. The largest absolute Gasteiger partial charge is 0.242 e. The van der Waals surface area contributed by atoms with Gasteiger partial charge in [0.1, 0.15) is 0 Å². The minimum Gasteiger partial charge on any atom is -0.235 e. The second-order valence-electron chi connectivity index (χ2n) is 2.33. The van der Waals surface area contributed by atoms with Crippen molar-refractivity contribution in [3.8, 4) is 0 Å². The summed E-state index contributed by atoms with van der Waals surface area (Å²) in [5.74, 6) is 0.141. The number of carbonyl (C=O) groups excluding carboxylic acids is 1. The van der Waals surface area contributed by atoms with E-state index in [1.807, 2.05) is 0 Å². The molecule has 1 rings (SSSR count). The van der Waals surface area contributed by atoms with E-state index in [0.717, 1.165) is 12.5 Å². The Bertz CT molecular complexity index is 443. The number of sulfone groups is 1. The zero-order chi connectivity index (χ0) is 9.90. The summed E-state index contributed by atoms with van der Waals surface area (Å²) in [6.45, 7) is 0. The van der Waals surface area contributed by atoms with Crippen LogP contribution in [0.1, 0.15) is 0 Å². The number of hydrogen-bond acceptors (Lipinski definition) is 5. The molecule has 0 saturated carbocycles. The summed E-state index contributed by atoms with van der Waals surface area (Å²) in [5.41, 5.74) is 0. The summed E-state index contributed by atoms with van der Waals surface area (Å²) in [6, 6.07) is 2.67. The molecule has 0 unspecified atom stereocenters. The van der Waals surface area contributed by atoms with Crippen molar-refractivity contribution < 1.29 is 13.2 Å². The molecule has 0 aliphatic rings. The van der Waals surface area contributed by atoms with Gasteiger partial charge in [-0.1, -0.05) is 0 Å². The van der Waals surface area contributed by atoms with Crippen LogP contribution in [0.25, 0.3) is 0 Å². The Morgan fingerprint density at radius 3 is 2.54 bits per heavy atom. The van der Waals surface area contributed by atoms with Crippen LogP contribution in [0.2, 0.25) is 0 Å². The molecule has 13 heavy (non-hydrogen) atoms. The van der Waals surface area contributed by atoms with Gasteiger partial charge in [0.25, 0.3) is 0 Å². The van der Waals surface area contributed by atoms with Crippen LogP contribution in [0.3, 0.4) is 0 Å². The maximum atomic E-state index is 11.0. The van der Waals surface area contributed by atoms with Crippen LogP contribution in [-0.4, -0.2) is 25.7 Å². The van der Waals surface area contributed by atoms with E-state index in [-0.39, 0.29) is 10.7 Å². The van der Waals surface area contributed by atoms with Crippen LogP contribution in [-0.2, 0) is 14.6 Å². The fourth-order valence-electron chi connectivity index (χ4n) is 0.705. The number of nitrogens with zero attached hydrogens (tertiary/aromatic N) is 2. The fourth-order valence-corrected chi connectivity index (χ4v) is 1.26. The predicted octanol–water partition coefficient (Wildman–Crippen LogP) is 0.452. The SMILES string of the molecule is CS(=O)(=O)c1ccc(N=C=O)nc1. The summed E-state index contributed by atoms with van der Waals surface area (Å²) < 4.78 is 21.9. The molecule has 1 aromatic heterocycles. The third kappa shape index (κ3) is 2.47. The van der Waals surface area contributed by atoms with E-state index >= 15 is 0 Å². The molecule has 0 aliphatic carbocycles. The van der Waals surface area contributed by atoms with Crippen LogP contribution in [0.5, 0.6) is 0 Å². The highest BCUT2D eigenvalue weighted by Gasteiger charge is 2.06. The lowest BCUT2D eigenvalue weighted by atomic mass is 10.5. The molecule has 68 valence electrons. The third-order valence-corrected chi connectivity index (χ3v) is 2.41. The van der Waals surface area contributed by atoms with E-state index in [4.69, 9.17) is 0 Å². The van der Waals surface area contributed by atoms with Gasteiger partial charge >= 0.3 is 0 Å². The Kier molecular flexibility index (Phi) is 2.55. The molecule has 1 aromatic rings. The lowest BCUT2D eigenvalue weighted by Gasteiger charge is -1.95. The zero-order valence-electron chi connectivity index (χ0n) is 6.76. The quantitative estimate of drug-likeness (QED) is 0.510. The van der Waals surface area contributed by atoms with Crippen molar-refractivity contribution in [3.05, 3.63) is 18.3 Å². The molecule has 0 bridgehead atoms. The number of isocyanates is 1. The third-order valence-electron chi connectivity index (χ3n) is 1.31. The van der Waals surface area contributed by atoms with Crippen LogP contribution in [0.15, 0.2) is 28.2 Å². The lowest BCUT2D eigenvalue weighted by Crippen LogP contribution is -1.96. The van der Waals surface area contributed by atoms with E-state index in [0.29, 0.717) is 0 Å². The first-order valence-electron chi connectivity index (χ1n) is 3.28. The predicted molar refractivity (Wildman–Crippen MR) is 45.1 cm³/mol. The van der Waals surface area contributed by atoms with Gasteiger partial charge in [0.2, 0.25) is 6.08 Å². The van der Waals surface area contributed by atoms with E-state index in [2.05, 4.69) is 9.98 Å². The average Bonchev–Trinajstić information content (AvgIpc) is 2.04. The van der Waals surface area contributed by atoms with Crippen LogP contribution in [0.4, 0.5) is 5.82 Å². The van der Waals surface area contributed by atoms with Crippen LogP contribution >= 0.6 is 0 Å². The first-order valence-corrected chi connectivity index (χ1v) is 5.17. The Hall–Kier alpha value is -1.52. The van der Waals surface area contributed by atoms with Gasteiger partial charge in [0, 0.05) is 12.5 Å². The molecule has 0 spiro atoms.